The summed E-state index contributed by atoms with van der Waals surface area (Å²) in [4.78, 5) is 19.1. The molecule has 1 aromatic carbocycles. The number of hydrogen-bond donors (Lipinski definition) is 1. The van der Waals surface area contributed by atoms with Crippen molar-refractivity contribution in [1.29, 1.82) is 0 Å². The van der Waals surface area contributed by atoms with E-state index in [9.17, 15) is 4.79 Å². The van der Waals surface area contributed by atoms with Crippen LogP contribution in [0.2, 0.25) is 0 Å². The highest BCUT2D eigenvalue weighted by molar-refractivity contribution is 5.89. The lowest BCUT2D eigenvalue weighted by Crippen LogP contribution is -2.39. The van der Waals surface area contributed by atoms with Crippen LogP contribution in [0.25, 0.3) is 5.69 Å². The first-order valence-corrected chi connectivity index (χ1v) is 9.30. The predicted molar refractivity (Wildman–Crippen MR) is 104 cm³/mol. The van der Waals surface area contributed by atoms with Crippen molar-refractivity contribution in [1.82, 2.24) is 24.6 Å². The molecule has 1 aliphatic heterocycles. The average Bonchev–Trinajstić information content (AvgIpc) is 3.43. The number of nitrogens with zero attached hydrogens (tertiary/aromatic N) is 5. The van der Waals surface area contributed by atoms with Gasteiger partial charge in [0.1, 0.15) is 12.7 Å². The fourth-order valence-corrected chi connectivity index (χ4v) is 3.22. The van der Waals surface area contributed by atoms with Gasteiger partial charge in [0, 0.05) is 25.0 Å². The topological polar surface area (TPSA) is 85.2 Å². The molecule has 1 fully saturated rings. The Labute approximate surface area is 163 Å². The van der Waals surface area contributed by atoms with Crippen molar-refractivity contribution in [3.8, 4) is 5.69 Å². The smallest absolute Gasteiger partial charge is 0.322 e. The second-order valence-electron chi connectivity index (χ2n) is 6.69. The number of aromatic nitrogens is 4. The monoisotopic (exact) mass is 378 g/mol. The van der Waals surface area contributed by atoms with Crippen LogP contribution in [0.1, 0.15) is 18.5 Å². The van der Waals surface area contributed by atoms with Gasteiger partial charge in [0.2, 0.25) is 0 Å². The van der Waals surface area contributed by atoms with E-state index in [0.717, 1.165) is 30.8 Å². The molecule has 2 amide bonds. The molecule has 3 heterocycles. The van der Waals surface area contributed by atoms with E-state index in [1.165, 1.54) is 0 Å². The lowest BCUT2D eigenvalue weighted by atomic mass is 10.2. The van der Waals surface area contributed by atoms with Crippen LogP contribution >= 0.6 is 0 Å². The molecule has 4 rings (SSSR count). The van der Waals surface area contributed by atoms with E-state index in [0.29, 0.717) is 18.8 Å². The Morgan fingerprint density at radius 2 is 2.11 bits per heavy atom. The first kappa shape index (κ1) is 18.1. The number of anilines is 1. The maximum absolute atomic E-state index is 13.0. The Morgan fingerprint density at radius 1 is 1.21 bits per heavy atom. The zero-order valence-corrected chi connectivity index (χ0v) is 15.4. The largest absolute Gasteiger partial charge is 0.376 e. The van der Waals surface area contributed by atoms with Crippen LogP contribution in [0.4, 0.5) is 10.5 Å². The fourth-order valence-electron chi connectivity index (χ4n) is 3.22. The van der Waals surface area contributed by atoms with Crippen LogP contribution in [0, 0.1) is 0 Å². The highest BCUT2D eigenvalue weighted by Crippen LogP contribution is 2.18. The normalized spacial score (nSPS) is 16.1. The van der Waals surface area contributed by atoms with Gasteiger partial charge in [-0.2, -0.15) is 0 Å². The number of benzene rings is 1. The zero-order chi connectivity index (χ0) is 19.2. The first-order valence-electron chi connectivity index (χ1n) is 9.30. The van der Waals surface area contributed by atoms with Gasteiger partial charge in [0.05, 0.1) is 24.0 Å². The van der Waals surface area contributed by atoms with Crippen LogP contribution < -0.4 is 5.32 Å². The molecule has 2 aromatic heterocycles. The summed E-state index contributed by atoms with van der Waals surface area (Å²) in [6.07, 6.45) is 7.04. The van der Waals surface area contributed by atoms with Crippen molar-refractivity contribution in [2.75, 3.05) is 18.5 Å². The molecule has 0 saturated carbocycles. The van der Waals surface area contributed by atoms with Gasteiger partial charge in [-0.25, -0.2) is 4.79 Å². The van der Waals surface area contributed by atoms with E-state index in [2.05, 4.69) is 20.5 Å². The van der Waals surface area contributed by atoms with Crippen LogP contribution in [0.3, 0.4) is 0 Å². The summed E-state index contributed by atoms with van der Waals surface area (Å²) in [7, 11) is 0. The Balaban J connectivity index is 1.49. The number of nitrogens with one attached hydrogen (secondary N) is 1. The second kappa shape index (κ2) is 8.62. The lowest BCUT2D eigenvalue weighted by molar-refractivity contribution is 0.0816. The average molecular weight is 378 g/mol. The zero-order valence-electron chi connectivity index (χ0n) is 15.4. The maximum Gasteiger partial charge on any atom is 0.322 e. The maximum atomic E-state index is 13.0. The minimum Gasteiger partial charge on any atom is -0.376 e. The van der Waals surface area contributed by atoms with E-state index in [4.69, 9.17) is 4.74 Å². The van der Waals surface area contributed by atoms with Gasteiger partial charge in [-0.15, -0.1) is 10.2 Å². The van der Waals surface area contributed by atoms with Crippen LogP contribution in [-0.4, -0.2) is 49.9 Å². The minimum absolute atomic E-state index is 0.0674. The molecule has 28 heavy (non-hydrogen) atoms. The molecule has 0 bridgehead atoms. The number of pyridine rings is 1. The molecule has 0 radical (unpaired) electrons. The van der Waals surface area contributed by atoms with Crippen molar-refractivity contribution in [3.05, 3.63) is 67.0 Å². The van der Waals surface area contributed by atoms with Gasteiger partial charge >= 0.3 is 6.03 Å². The molecule has 0 unspecified atom stereocenters. The highest BCUT2D eigenvalue weighted by Gasteiger charge is 2.23. The summed E-state index contributed by atoms with van der Waals surface area (Å²) in [6, 6.07) is 13.1. The molecule has 3 aromatic rings. The summed E-state index contributed by atoms with van der Waals surface area (Å²) in [5, 5.41) is 10.6. The molecule has 144 valence electrons. The Kier molecular flexibility index (Phi) is 5.58. The third kappa shape index (κ3) is 4.52. The summed E-state index contributed by atoms with van der Waals surface area (Å²) < 4.78 is 7.52. The van der Waals surface area contributed by atoms with E-state index in [1.54, 1.807) is 28.3 Å². The van der Waals surface area contributed by atoms with Gasteiger partial charge < -0.3 is 15.0 Å². The molecule has 0 aliphatic carbocycles. The van der Waals surface area contributed by atoms with Gasteiger partial charge in [0.25, 0.3) is 0 Å². The van der Waals surface area contributed by atoms with Crippen molar-refractivity contribution in [3.63, 3.8) is 0 Å². The summed E-state index contributed by atoms with van der Waals surface area (Å²) >= 11 is 0. The Hall–Kier alpha value is -3.26. The lowest BCUT2D eigenvalue weighted by Gasteiger charge is -2.25. The number of amides is 2. The van der Waals surface area contributed by atoms with Gasteiger partial charge in [-0.3, -0.25) is 9.55 Å². The summed E-state index contributed by atoms with van der Waals surface area (Å²) in [5.41, 5.74) is 2.42. The highest BCUT2D eigenvalue weighted by atomic mass is 16.5. The number of hydrogen-bond acceptors (Lipinski definition) is 5. The Bertz CT molecular complexity index is 894. The van der Waals surface area contributed by atoms with Gasteiger partial charge in [0.15, 0.2) is 0 Å². The number of carbonyl (C=O) groups excluding carboxylic acids is 1. The molecule has 1 aliphatic rings. The van der Waals surface area contributed by atoms with Crippen LogP contribution in [0.15, 0.2) is 61.3 Å². The third-order valence-corrected chi connectivity index (χ3v) is 4.63. The number of urea groups is 1. The van der Waals surface area contributed by atoms with Crippen molar-refractivity contribution < 1.29 is 9.53 Å². The second-order valence-corrected chi connectivity index (χ2v) is 6.69. The molecule has 0 spiro atoms. The van der Waals surface area contributed by atoms with Crippen LogP contribution in [-0.2, 0) is 11.3 Å². The molecular weight excluding hydrogens is 356 g/mol. The van der Waals surface area contributed by atoms with Gasteiger partial charge in [-0.05, 0) is 43.2 Å². The predicted octanol–water partition coefficient (Wildman–Crippen LogP) is 2.88. The third-order valence-electron chi connectivity index (χ3n) is 4.63. The number of carbonyl (C=O) groups is 1. The summed E-state index contributed by atoms with van der Waals surface area (Å²) in [6.45, 7) is 1.72. The molecule has 1 atom stereocenters. The van der Waals surface area contributed by atoms with Crippen molar-refractivity contribution >= 4 is 11.7 Å². The molecule has 8 heteroatoms. The molecule has 8 nitrogen and oxygen atoms in total. The Morgan fingerprint density at radius 3 is 2.86 bits per heavy atom. The number of ether oxygens (including phenoxy) is 1. The van der Waals surface area contributed by atoms with Gasteiger partial charge in [-0.1, -0.05) is 12.1 Å². The minimum atomic E-state index is -0.179. The standard InChI is InChI=1S/C20H22N6O2/c27-20(24-16-6-3-7-18(11-16)26-14-22-23-15-26)25(13-19-8-4-10-28-19)12-17-5-1-2-9-21-17/h1-3,5-7,9,11,14-15,19H,4,8,10,12-13H2,(H,24,27)/t19-/m1/s1. The van der Waals surface area contributed by atoms with E-state index >= 15 is 0 Å². The summed E-state index contributed by atoms with van der Waals surface area (Å²) in [5.74, 6) is 0. The fraction of sp³-hybridized carbons (Fsp3) is 0.300. The van der Waals surface area contributed by atoms with Crippen molar-refractivity contribution in [2.45, 2.75) is 25.5 Å². The van der Waals surface area contributed by atoms with Crippen LogP contribution in [0.5, 0.6) is 0 Å². The molecule has 1 saturated heterocycles. The molecule has 1 N–H and O–H groups in total. The van der Waals surface area contributed by atoms with E-state index in [-0.39, 0.29) is 12.1 Å². The quantitative estimate of drug-likeness (QED) is 0.713. The van der Waals surface area contributed by atoms with Crippen molar-refractivity contribution in [2.24, 2.45) is 0 Å². The molecular formula is C20H22N6O2. The van der Waals surface area contributed by atoms with E-state index in [1.807, 2.05) is 42.5 Å². The van der Waals surface area contributed by atoms with E-state index < -0.39 is 0 Å². The SMILES string of the molecule is O=C(Nc1cccc(-n2cnnc2)c1)N(Cc1ccccn1)C[C@H]1CCCO1. The number of rotatable bonds is 6. The first-order chi connectivity index (χ1) is 13.8.